The summed E-state index contributed by atoms with van der Waals surface area (Å²) in [4.78, 5) is 0. The van der Waals surface area contributed by atoms with E-state index in [1.165, 1.54) is 18.2 Å². The van der Waals surface area contributed by atoms with Crippen molar-refractivity contribution in [2.24, 2.45) is 0 Å². The summed E-state index contributed by atoms with van der Waals surface area (Å²) in [5, 5.41) is 37.6. The summed E-state index contributed by atoms with van der Waals surface area (Å²) >= 11 is 23.0. The van der Waals surface area contributed by atoms with E-state index in [4.69, 9.17) is 70.9 Å². The molecule has 0 amide bonds. The third kappa shape index (κ3) is 5.50. The molecule has 1 fully saturated rings. The third-order valence-corrected chi connectivity index (χ3v) is 5.95. The topological polar surface area (TPSA) is 99.4 Å². The molecule has 0 atom stereocenters. The zero-order chi connectivity index (χ0) is 23.0. The fourth-order valence-corrected chi connectivity index (χ4v) is 3.74. The maximum atomic E-state index is 9.94. The van der Waals surface area contributed by atoms with Gasteiger partial charge in [0.25, 0.3) is 0 Å². The monoisotopic (exact) mass is 494 g/mol. The molecule has 4 N–H and O–H groups in total. The summed E-state index contributed by atoms with van der Waals surface area (Å²) in [6, 6.07) is 5.48. The Labute approximate surface area is 195 Å². The summed E-state index contributed by atoms with van der Waals surface area (Å²) < 4.78 is 11.7. The smallest absolute Gasteiger partial charge is 0.500 e. The Morgan fingerprint density at radius 1 is 0.767 bits per heavy atom. The molecule has 162 valence electrons. The standard InChI is InChI=1S/C12H15BCl2O3.C6H5BCl2O3/c1-11(2)12(3,4)18-13(17-11)10-8(15)5-7(14)6-9(10)16;8-3-1-4(9)6(7(11)12)5(10)2-3/h5-6,16H,1-4H3;1-2,10-12H. The van der Waals surface area contributed by atoms with E-state index in [0.29, 0.717) is 15.5 Å². The molecule has 30 heavy (non-hydrogen) atoms. The molecule has 0 unspecified atom stereocenters. The molecule has 0 aromatic heterocycles. The molecule has 12 heteroatoms. The maximum absolute atomic E-state index is 9.94. The Morgan fingerprint density at radius 3 is 1.60 bits per heavy atom. The van der Waals surface area contributed by atoms with Crippen molar-refractivity contribution in [1.29, 1.82) is 0 Å². The molecule has 1 heterocycles. The van der Waals surface area contributed by atoms with Gasteiger partial charge in [0.1, 0.15) is 11.5 Å². The fourth-order valence-electron chi connectivity index (χ4n) is 2.59. The van der Waals surface area contributed by atoms with Gasteiger partial charge in [-0.05, 0) is 52.0 Å². The van der Waals surface area contributed by atoms with Gasteiger partial charge in [-0.15, -0.1) is 0 Å². The minimum Gasteiger partial charge on any atom is -0.508 e. The van der Waals surface area contributed by atoms with E-state index < -0.39 is 25.4 Å². The average molecular weight is 496 g/mol. The van der Waals surface area contributed by atoms with Gasteiger partial charge in [0.15, 0.2) is 0 Å². The molecule has 1 aliphatic rings. The van der Waals surface area contributed by atoms with Crippen molar-refractivity contribution < 1.29 is 29.6 Å². The minimum atomic E-state index is -1.80. The van der Waals surface area contributed by atoms with E-state index in [0.717, 1.165) is 0 Å². The summed E-state index contributed by atoms with van der Waals surface area (Å²) in [6.45, 7) is 7.75. The van der Waals surface area contributed by atoms with Crippen molar-refractivity contribution in [3.63, 3.8) is 0 Å². The number of phenolic OH excluding ortho intramolecular Hbond substituents is 2. The highest BCUT2D eigenvalue weighted by atomic mass is 35.5. The molecule has 0 saturated carbocycles. The number of rotatable bonds is 2. The first-order valence-electron chi connectivity index (χ1n) is 8.74. The van der Waals surface area contributed by atoms with Crippen LogP contribution in [0.15, 0.2) is 24.3 Å². The van der Waals surface area contributed by atoms with E-state index in [1.54, 1.807) is 6.07 Å². The Kier molecular flexibility index (Phi) is 7.92. The SMILES string of the molecule is CC1(C)OB(c2c(O)cc(Cl)cc2Cl)OC1(C)C.OB(O)c1c(O)cc(Cl)cc1Cl. The Balaban J connectivity index is 0.000000232. The Morgan fingerprint density at radius 2 is 1.20 bits per heavy atom. The van der Waals surface area contributed by atoms with Crippen LogP contribution in [-0.4, -0.2) is 45.7 Å². The second-order valence-electron chi connectivity index (χ2n) is 7.60. The first-order valence-corrected chi connectivity index (χ1v) is 10.2. The average Bonchev–Trinajstić information content (AvgIpc) is 2.72. The molecule has 3 rings (SSSR count). The van der Waals surface area contributed by atoms with Gasteiger partial charge < -0.3 is 29.6 Å². The van der Waals surface area contributed by atoms with E-state index in [9.17, 15) is 5.11 Å². The summed E-state index contributed by atoms with van der Waals surface area (Å²) in [7, 11) is -2.49. The minimum absolute atomic E-state index is 0.0222. The van der Waals surface area contributed by atoms with Crippen LogP contribution in [0, 0.1) is 0 Å². The van der Waals surface area contributed by atoms with E-state index in [1.807, 2.05) is 27.7 Å². The van der Waals surface area contributed by atoms with E-state index in [-0.39, 0.29) is 27.0 Å². The van der Waals surface area contributed by atoms with Crippen LogP contribution in [0.4, 0.5) is 0 Å². The van der Waals surface area contributed by atoms with Crippen molar-refractivity contribution in [2.75, 3.05) is 0 Å². The number of benzene rings is 2. The van der Waals surface area contributed by atoms with Crippen molar-refractivity contribution in [2.45, 2.75) is 38.9 Å². The summed E-state index contributed by atoms with van der Waals surface area (Å²) in [5.74, 6) is -0.353. The van der Waals surface area contributed by atoms with Gasteiger partial charge in [0.05, 0.1) is 11.2 Å². The van der Waals surface area contributed by atoms with Gasteiger partial charge in [-0.3, -0.25) is 0 Å². The van der Waals surface area contributed by atoms with Crippen molar-refractivity contribution in [1.82, 2.24) is 0 Å². The predicted octanol–water partition coefficient (Wildman–Crippen LogP) is 3.38. The van der Waals surface area contributed by atoms with Gasteiger partial charge in [-0.1, -0.05) is 46.4 Å². The largest absolute Gasteiger partial charge is 0.508 e. The number of halogens is 4. The highest BCUT2D eigenvalue weighted by Crippen LogP contribution is 2.38. The lowest BCUT2D eigenvalue weighted by molar-refractivity contribution is 0.00578. The lowest BCUT2D eigenvalue weighted by Crippen LogP contribution is -2.41. The first kappa shape index (κ1) is 25.4. The number of phenols is 2. The molecular weight excluding hydrogens is 476 g/mol. The summed E-state index contributed by atoms with van der Waals surface area (Å²) in [6.07, 6.45) is 0. The maximum Gasteiger partial charge on any atom is 0.500 e. The molecule has 0 aliphatic carbocycles. The molecule has 0 spiro atoms. The zero-order valence-electron chi connectivity index (χ0n) is 16.6. The zero-order valence-corrected chi connectivity index (χ0v) is 19.6. The van der Waals surface area contributed by atoms with Crippen LogP contribution >= 0.6 is 46.4 Å². The molecular formula is C18H20B2Cl4O6. The summed E-state index contributed by atoms with van der Waals surface area (Å²) in [5.41, 5.74) is -0.680. The van der Waals surface area contributed by atoms with E-state index in [2.05, 4.69) is 0 Å². The quantitative estimate of drug-likeness (QED) is 0.477. The van der Waals surface area contributed by atoms with E-state index >= 15 is 0 Å². The normalized spacial score (nSPS) is 16.8. The van der Waals surface area contributed by atoms with Crippen LogP contribution in [0.2, 0.25) is 20.1 Å². The molecule has 2 aromatic rings. The molecule has 0 bridgehead atoms. The van der Waals surface area contributed by atoms with Gasteiger partial charge in [0.2, 0.25) is 0 Å². The van der Waals surface area contributed by atoms with Crippen LogP contribution in [0.25, 0.3) is 0 Å². The number of hydrogen-bond donors (Lipinski definition) is 4. The van der Waals surface area contributed by atoms with Crippen molar-refractivity contribution in [3.05, 3.63) is 44.4 Å². The fraction of sp³-hybridized carbons (Fsp3) is 0.333. The van der Waals surface area contributed by atoms with Crippen molar-refractivity contribution >= 4 is 71.6 Å². The molecule has 6 nitrogen and oxygen atoms in total. The molecule has 1 saturated heterocycles. The highest BCUT2D eigenvalue weighted by Gasteiger charge is 2.53. The second-order valence-corrected chi connectivity index (χ2v) is 9.29. The van der Waals surface area contributed by atoms with Crippen molar-refractivity contribution in [3.8, 4) is 11.5 Å². The highest BCUT2D eigenvalue weighted by molar-refractivity contribution is 6.67. The molecule has 0 radical (unpaired) electrons. The Bertz CT molecular complexity index is 877. The van der Waals surface area contributed by atoms with Crippen LogP contribution in [0.1, 0.15) is 27.7 Å². The van der Waals surface area contributed by atoms with Gasteiger partial charge in [-0.25, -0.2) is 0 Å². The Hall–Kier alpha value is -0.830. The van der Waals surface area contributed by atoms with Gasteiger partial charge in [-0.2, -0.15) is 0 Å². The number of hydrogen-bond acceptors (Lipinski definition) is 6. The van der Waals surface area contributed by atoms with Crippen LogP contribution in [0.3, 0.4) is 0 Å². The van der Waals surface area contributed by atoms with Crippen LogP contribution in [-0.2, 0) is 9.31 Å². The molecule has 1 aliphatic heterocycles. The van der Waals surface area contributed by atoms with Crippen LogP contribution in [0.5, 0.6) is 11.5 Å². The number of aromatic hydroxyl groups is 2. The van der Waals surface area contributed by atoms with Gasteiger partial charge >= 0.3 is 14.2 Å². The predicted molar refractivity (Wildman–Crippen MR) is 122 cm³/mol. The molecule has 2 aromatic carbocycles. The second kappa shape index (κ2) is 9.35. The lowest BCUT2D eigenvalue weighted by Gasteiger charge is -2.32. The first-order chi connectivity index (χ1) is 13.7. The lowest BCUT2D eigenvalue weighted by atomic mass is 9.78. The van der Waals surface area contributed by atoms with Gasteiger partial charge in [0, 0.05) is 31.0 Å². The van der Waals surface area contributed by atoms with Crippen LogP contribution < -0.4 is 10.9 Å². The third-order valence-electron chi connectivity index (χ3n) is 4.89.